The quantitative estimate of drug-likeness (QED) is 0.266. The summed E-state index contributed by atoms with van der Waals surface area (Å²) in [5.41, 5.74) is 1.60. The molecule has 2 bridgehead atoms. The first-order valence-corrected chi connectivity index (χ1v) is 12.0. The first kappa shape index (κ1) is 23.7. The fourth-order valence-corrected chi connectivity index (χ4v) is 5.60. The van der Waals surface area contributed by atoms with Crippen LogP contribution in [0.5, 0.6) is 0 Å². The predicted molar refractivity (Wildman–Crippen MR) is 130 cm³/mol. The van der Waals surface area contributed by atoms with Gasteiger partial charge in [0.1, 0.15) is 6.04 Å². The molecule has 184 valence electrons. The van der Waals surface area contributed by atoms with Gasteiger partial charge in [0, 0.05) is 17.7 Å². The fraction of sp³-hybridized carbons (Fsp3) is 0.321. The van der Waals surface area contributed by atoms with E-state index >= 15 is 0 Å². The largest absolute Gasteiger partial charge is 0.454 e. The van der Waals surface area contributed by atoms with Crippen LogP contribution in [0.1, 0.15) is 29.3 Å². The molecule has 1 saturated carbocycles. The fourth-order valence-electron chi connectivity index (χ4n) is 5.60. The standard InChI is InChI=1S/C28H26N2O6/c1-16(31)18-8-5-9-21(14-18)29-23(32)15-36-28(35)22(12-17-6-3-2-4-7-17)30-26(33)24-19-10-11-20(13-19)25(24)27(30)34/h2-11,14,19-20,22,24-25H,12-13,15H2,1H3,(H,29,32)/t19-,20-,22-,24+,25+/m0/s1. The topological polar surface area (TPSA) is 110 Å². The summed E-state index contributed by atoms with van der Waals surface area (Å²) in [5.74, 6) is -3.07. The minimum Gasteiger partial charge on any atom is -0.454 e. The Morgan fingerprint density at radius 3 is 2.28 bits per heavy atom. The highest BCUT2D eigenvalue weighted by Crippen LogP contribution is 2.53. The number of hydrogen-bond donors (Lipinski definition) is 1. The van der Waals surface area contributed by atoms with Gasteiger partial charge in [-0.2, -0.15) is 0 Å². The highest BCUT2D eigenvalue weighted by Gasteiger charge is 2.61. The number of Topliss-reactive ketones (excluding diaryl/α,β-unsaturated/α-hetero) is 1. The van der Waals surface area contributed by atoms with Gasteiger partial charge in [-0.3, -0.25) is 24.1 Å². The molecule has 1 heterocycles. The molecule has 0 spiro atoms. The molecule has 5 rings (SSSR count). The molecule has 0 radical (unpaired) electrons. The normalized spacial score (nSPS) is 24.5. The summed E-state index contributed by atoms with van der Waals surface area (Å²) in [4.78, 5) is 65.0. The lowest BCUT2D eigenvalue weighted by Gasteiger charge is -2.26. The smallest absolute Gasteiger partial charge is 0.330 e. The van der Waals surface area contributed by atoms with Crippen LogP contribution in [0.2, 0.25) is 0 Å². The molecular weight excluding hydrogens is 460 g/mol. The van der Waals surface area contributed by atoms with Gasteiger partial charge in [0.05, 0.1) is 11.8 Å². The number of anilines is 1. The summed E-state index contributed by atoms with van der Waals surface area (Å²) in [6.45, 7) is 0.830. The highest BCUT2D eigenvalue weighted by molar-refractivity contribution is 6.09. The van der Waals surface area contributed by atoms with E-state index in [1.165, 1.54) is 13.0 Å². The molecule has 2 aliphatic carbocycles. The zero-order valence-corrected chi connectivity index (χ0v) is 19.8. The number of nitrogens with zero attached hydrogens (tertiary/aromatic N) is 1. The molecule has 3 aliphatic rings. The monoisotopic (exact) mass is 486 g/mol. The summed E-state index contributed by atoms with van der Waals surface area (Å²) in [6, 6.07) is 14.3. The zero-order valence-electron chi connectivity index (χ0n) is 19.8. The van der Waals surface area contributed by atoms with Crippen LogP contribution in [-0.2, 0) is 30.3 Å². The predicted octanol–water partition coefficient (Wildman–Crippen LogP) is 2.79. The van der Waals surface area contributed by atoms with Crippen molar-refractivity contribution in [2.24, 2.45) is 23.7 Å². The lowest BCUT2D eigenvalue weighted by Crippen LogP contribution is -2.48. The molecule has 1 N–H and O–H groups in total. The molecule has 1 aliphatic heterocycles. The van der Waals surface area contributed by atoms with Crippen molar-refractivity contribution in [3.05, 3.63) is 77.9 Å². The number of nitrogens with one attached hydrogen (secondary N) is 1. The van der Waals surface area contributed by atoms with E-state index in [2.05, 4.69) is 5.32 Å². The number of rotatable bonds is 8. The van der Waals surface area contributed by atoms with Crippen molar-refractivity contribution in [3.8, 4) is 0 Å². The van der Waals surface area contributed by atoms with Crippen LogP contribution < -0.4 is 5.32 Å². The number of ether oxygens (including phenoxy) is 1. The summed E-state index contributed by atoms with van der Waals surface area (Å²) in [5, 5.41) is 2.60. The minimum atomic E-state index is -1.16. The third-order valence-electron chi connectivity index (χ3n) is 7.26. The molecule has 8 heteroatoms. The van der Waals surface area contributed by atoms with Crippen LogP contribution in [-0.4, -0.2) is 47.0 Å². The van der Waals surface area contributed by atoms with E-state index in [0.717, 1.165) is 16.9 Å². The molecule has 2 aromatic carbocycles. The molecule has 3 amide bonds. The molecule has 0 unspecified atom stereocenters. The van der Waals surface area contributed by atoms with Gasteiger partial charge < -0.3 is 10.1 Å². The van der Waals surface area contributed by atoms with E-state index in [1.807, 2.05) is 42.5 Å². The number of allylic oxidation sites excluding steroid dienone is 2. The summed E-state index contributed by atoms with van der Waals surface area (Å²) >= 11 is 0. The average molecular weight is 487 g/mol. The Kier molecular flexibility index (Phi) is 6.26. The molecule has 1 saturated heterocycles. The molecule has 0 aromatic heterocycles. The van der Waals surface area contributed by atoms with Gasteiger partial charge >= 0.3 is 5.97 Å². The van der Waals surface area contributed by atoms with Crippen LogP contribution in [0, 0.1) is 23.7 Å². The maximum absolute atomic E-state index is 13.3. The maximum Gasteiger partial charge on any atom is 0.330 e. The van der Waals surface area contributed by atoms with E-state index < -0.39 is 36.4 Å². The van der Waals surface area contributed by atoms with E-state index in [-0.39, 0.29) is 35.9 Å². The molecule has 8 nitrogen and oxygen atoms in total. The van der Waals surface area contributed by atoms with E-state index in [4.69, 9.17) is 4.74 Å². The summed E-state index contributed by atoms with van der Waals surface area (Å²) in [6.07, 6.45) is 4.88. The number of hydrogen-bond acceptors (Lipinski definition) is 6. The zero-order chi connectivity index (χ0) is 25.4. The summed E-state index contributed by atoms with van der Waals surface area (Å²) < 4.78 is 5.31. The molecular formula is C28H26N2O6. The molecule has 2 fully saturated rings. The molecule has 5 atom stereocenters. The van der Waals surface area contributed by atoms with Crippen molar-refractivity contribution in [2.75, 3.05) is 11.9 Å². The Labute approximate surface area is 208 Å². The van der Waals surface area contributed by atoms with Gasteiger partial charge in [0.25, 0.3) is 5.91 Å². The van der Waals surface area contributed by atoms with Gasteiger partial charge in [-0.25, -0.2) is 4.79 Å². The number of imide groups is 1. The number of carbonyl (C=O) groups excluding carboxylic acids is 5. The first-order valence-electron chi connectivity index (χ1n) is 12.0. The Morgan fingerprint density at radius 1 is 0.972 bits per heavy atom. The van der Waals surface area contributed by atoms with Crippen molar-refractivity contribution in [1.29, 1.82) is 0 Å². The van der Waals surface area contributed by atoms with E-state index in [9.17, 15) is 24.0 Å². The number of likely N-dealkylation sites (tertiary alicyclic amines) is 1. The van der Waals surface area contributed by atoms with E-state index in [1.54, 1.807) is 18.2 Å². The second kappa shape index (κ2) is 9.53. The number of ketones is 1. The molecule has 36 heavy (non-hydrogen) atoms. The van der Waals surface area contributed by atoms with Gasteiger partial charge in [-0.05, 0) is 42.9 Å². The number of amides is 3. The highest BCUT2D eigenvalue weighted by atomic mass is 16.5. The lowest BCUT2D eigenvalue weighted by molar-refractivity contribution is -0.160. The Bertz CT molecular complexity index is 1240. The van der Waals surface area contributed by atoms with Crippen LogP contribution in [0.25, 0.3) is 0 Å². The maximum atomic E-state index is 13.3. The van der Waals surface area contributed by atoms with Gasteiger partial charge in [0.15, 0.2) is 12.4 Å². The van der Waals surface area contributed by atoms with Crippen molar-refractivity contribution in [2.45, 2.75) is 25.8 Å². The van der Waals surface area contributed by atoms with Crippen LogP contribution >= 0.6 is 0 Å². The van der Waals surface area contributed by atoms with Gasteiger partial charge in [-0.1, -0.05) is 54.6 Å². The van der Waals surface area contributed by atoms with Crippen LogP contribution in [0.15, 0.2) is 66.7 Å². The SMILES string of the molecule is CC(=O)c1cccc(NC(=O)COC(=O)[C@H](Cc2ccccc2)N2C(=O)[C@H]3[C@H](C2=O)[C@H]2C=C[C@H]3C2)c1. The van der Waals surface area contributed by atoms with Gasteiger partial charge in [-0.15, -0.1) is 0 Å². The van der Waals surface area contributed by atoms with Crippen LogP contribution in [0.4, 0.5) is 5.69 Å². The third-order valence-corrected chi connectivity index (χ3v) is 7.26. The Morgan fingerprint density at radius 2 is 1.64 bits per heavy atom. The first-order chi connectivity index (χ1) is 17.3. The van der Waals surface area contributed by atoms with Crippen molar-refractivity contribution in [3.63, 3.8) is 0 Å². The number of fused-ring (bicyclic) bond motifs is 5. The lowest BCUT2D eigenvalue weighted by atomic mass is 9.85. The number of benzene rings is 2. The van der Waals surface area contributed by atoms with Crippen molar-refractivity contribution in [1.82, 2.24) is 4.90 Å². The number of carbonyl (C=O) groups is 5. The van der Waals surface area contributed by atoms with E-state index in [0.29, 0.717) is 11.3 Å². The van der Waals surface area contributed by atoms with Crippen molar-refractivity contribution >= 4 is 35.2 Å². The summed E-state index contributed by atoms with van der Waals surface area (Å²) in [7, 11) is 0. The van der Waals surface area contributed by atoms with Gasteiger partial charge in [0.2, 0.25) is 11.8 Å². The van der Waals surface area contributed by atoms with Crippen molar-refractivity contribution < 1.29 is 28.7 Å². The number of esters is 1. The molecule has 2 aromatic rings. The Hall–Kier alpha value is -4.07. The second-order valence-corrected chi connectivity index (χ2v) is 9.54. The van der Waals surface area contributed by atoms with Crippen LogP contribution in [0.3, 0.4) is 0 Å². The average Bonchev–Trinajstić information content (AvgIpc) is 3.56. The third kappa shape index (κ3) is 4.34. The Balaban J connectivity index is 1.30. The second-order valence-electron chi connectivity index (χ2n) is 9.54. The minimum absolute atomic E-state index is 0.0198.